The van der Waals surface area contributed by atoms with E-state index < -0.39 is 12.2 Å². The minimum absolute atomic E-state index is 0.158. The fourth-order valence-electron chi connectivity index (χ4n) is 6.32. The fourth-order valence-corrected chi connectivity index (χ4v) is 6.32. The van der Waals surface area contributed by atoms with Crippen LogP contribution in [0.4, 0.5) is 9.59 Å². The van der Waals surface area contributed by atoms with Crippen molar-refractivity contribution >= 4 is 45.8 Å². The number of nitrogens with one attached hydrogen (secondary N) is 4. The average Bonchev–Trinajstić information content (AvgIpc) is 4.01. The number of amides is 4. The summed E-state index contributed by atoms with van der Waals surface area (Å²) in [6.45, 7) is 14.1. The van der Waals surface area contributed by atoms with Gasteiger partial charge in [-0.05, 0) is 59.2 Å². The number of fused-ring (bicyclic) bond motifs is 6. The number of carbonyl (C=O) groups excluding carboxylic acids is 4. The predicted octanol–water partition coefficient (Wildman–Crippen LogP) is 8.70. The summed E-state index contributed by atoms with van der Waals surface area (Å²) in [7, 11) is 5.76. The lowest BCUT2D eigenvalue weighted by molar-refractivity contribution is -0.131. The van der Waals surface area contributed by atoms with Crippen LogP contribution in [0.2, 0.25) is 0 Å². The van der Waals surface area contributed by atoms with Gasteiger partial charge in [-0.25, -0.2) is 19.6 Å². The second kappa shape index (κ2) is 33.9. The Morgan fingerprint density at radius 2 is 1.22 bits per heavy atom. The number of ether oxygens (including phenoxy) is 4. The van der Waals surface area contributed by atoms with Gasteiger partial charge < -0.3 is 49.3 Å². The first-order chi connectivity index (χ1) is 32.4. The second-order valence-corrected chi connectivity index (χ2v) is 14.3. The highest BCUT2D eigenvalue weighted by atomic mass is 16.5. The van der Waals surface area contributed by atoms with Gasteiger partial charge in [0, 0.05) is 38.3 Å². The molecule has 0 unspecified atom stereocenters. The van der Waals surface area contributed by atoms with E-state index in [0.717, 1.165) is 68.3 Å². The molecular formula is C51H70N8O8. The van der Waals surface area contributed by atoms with Crippen molar-refractivity contribution in [2.45, 2.75) is 86.9 Å². The number of imidazole rings is 2. The zero-order chi connectivity index (χ0) is 50.9. The molecule has 0 bridgehead atoms. The zero-order valence-corrected chi connectivity index (χ0v) is 40.9. The topological polar surface area (TPSA) is 193 Å². The van der Waals surface area contributed by atoms with Crippen LogP contribution in [0.25, 0.3) is 44.2 Å². The van der Waals surface area contributed by atoms with Gasteiger partial charge in [-0.2, -0.15) is 0 Å². The first-order valence-corrected chi connectivity index (χ1v) is 21.8. The number of carbonyl (C=O) groups is 4. The molecule has 0 radical (unpaired) electrons. The van der Waals surface area contributed by atoms with Crippen molar-refractivity contribution in [3.05, 3.63) is 65.9 Å². The third-order valence-electron chi connectivity index (χ3n) is 8.85. The summed E-state index contributed by atoms with van der Waals surface area (Å²) in [6, 6.07) is 14.4. The van der Waals surface area contributed by atoms with Gasteiger partial charge in [0.2, 0.25) is 11.8 Å². The van der Waals surface area contributed by atoms with Crippen molar-refractivity contribution in [2.24, 2.45) is 0 Å². The number of rotatable bonds is 13. The molecule has 3 aromatic carbocycles. The lowest BCUT2D eigenvalue weighted by Crippen LogP contribution is -2.40. The van der Waals surface area contributed by atoms with E-state index >= 15 is 0 Å². The number of methoxy groups -OCH3 is 3. The highest BCUT2D eigenvalue weighted by molar-refractivity contribution is 6.07. The van der Waals surface area contributed by atoms with Gasteiger partial charge >= 0.3 is 12.2 Å². The first-order valence-electron chi connectivity index (χ1n) is 21.8. The molecule has 16 nitrogen and oxygen atoms in total. The van der Waals surface area contributed by atoms with Gasteiger partial charge in [0.15, 0.2) is 0 Å². The number of aromatic amines is 2. The van der Waals surface area contributed by atoms with Crippen LogP contribution in [0.5, 0.6) is 5.75 Å². The third kappa shape index (κ3) is 18.5. The molecule has 67 heavy (non-hydrogen) atoms. The Labute approximate surface area is 397 Å². The lowest BCUT2D eigenvalue weighted by Gasteiger charge is -2.22. The normalized spacial score (nSPS) is 9.97. The molecule has 1 aliphatic heterocycles. The number of H-pyrrole nitrogens is 2. The SMILES string of the molecule is C#C.C#C.C#C.CCC.CCC.CCCN(Cc1ncc(-c2ccc3c(c2)COc2cc4c(ccc5[nH]c(CN(CCC)C(=O)CNC(=O)OC)nc54)cc2-3)[nH]1)C(=O)CNC(=O)OC.COC. The number of nitrogens with zero attached hydrogens (tertiary/aromatic N) is 4. The molecule has 4 amide bonds. The minimum atomic E-state index is -0.658. The molecule has 2 aromatic heterocycles. The van der Waals surface area contributed by atoms with Gasteiger partial charge in [-0.3, -0.25) is 9.59 Å². The number of alkyl carbamates (subject to hydrolysis) is 2. The maximum Gasteiger partial charge on any atom is 0.407 e. The maximum absolute atomic E-state index is 12.8. The smallest absolute Gasteiger partial charge is 0.407 e. The zero-order valence-electron chi connectivity index (χ0n) is 40.9. The number of hydrogen-bond acceptors (Lipinski definition) is 10. The molecule has 6 rings (SSSR count). The summed E-state index contributed by atoms with van der Waals surface area (Å²) >= 11 is 0. The summed E-state index contributed by atoms with van der Waals surface area (Å²) in [5.74, 6) is 1.57. The predicted molar refractivity (Wildman–Crippen MR) is 268 cm³/mol. The summed E-state index contributed by atoms with van der Waals surface area (Å²) in [4.78, 5) is 67.9. The van der Waals surface area contributed by atoms with E-state index in [4.69, 9.17) is 9.72 Å². The van der Waals surface area contributed by atoms with Crippen molar-refractivity contribution in [3.63, 3.8) is 0 Å². The molecule has 3 heterocycles. The van der Waals surface area contributed by atoms with Gasteiger partial charge in [-0.15, -0.1) is 38.5 Å². The Kier molecular flexibility index (Phi) is 30.2. The van der Waals surface area contributed by atoms with Crippen molar-refractivity contribution in [2.75, 3.05) is 54.6 Å². The average molecular weight is 923 g/mol. The Balaban J connectivity index is 0.00000260. The number of aromatic nitrogens is 4. The van der Waals surface area contributed by atoms with Gasteiger partial charge in [0.05, 0.1) is 50.2 Å². The van der Waals surface area contributed by atoms with Crippen LogP contribution >= 0.6 is 0 Å². The molecular weight excluding hydrogens is 853 g/mol. The van der Waals surface area contributed by atoms with E-state index in [9.17, 15) is 19.2 Å². The first kappa shape index (κ1) is 59.5. The van der Waals surface area contributed by atoms with E-state index in [0.29, 0.717) is 31.3 Å². The quantitative estimate of drug-likeness (QED) is 0.0831. The van der Waals surface area contributed by atoms with Gasteiger partial charge in [-0.1, -0.05) is 72.6 Å². The summed E-state index contributed by atoms with van der Waals surface area (Å²) in [5.41, 5.74) is 6.46. The molecule has 1 aliphatic rings. The standard InChI is InChI=1S/C37H42N8O7.2C3H8.C2H6O.3C2H2/c1-5-11-44(33(46)17-39-36(48)50-3)19-31-38-16-29(42-31)23-7-9-25-24(13-23)21-52-30-15-26-22(14-27(25)30)8-10-28-35(26)43-32(41-28)20-45(12-6-2)34(47)18-40-37(49)51-4;3*1-3-2;3*1-2/h7-10,13-16H,5-6,11-12,17-21H2,1-4H3,(H,38,42)(H,39,48)(H,40,49)(H,41,43);2*3H2,1-2H3;1-2H3;3*1-2H. The van der Waals surface area contributed by atoms with E-state index in [2.05, 4.69) is 124 Å². The highest BCUT2D eigenvalue weighted by Gasteiger charge is 2.22. The number of benzene rings is 3. The summed E-state index contributed by atoms with van der Waals surface area (Å²) in [5, 5.41) is 6.82. The van der Waals surface area contributed by atoms with Crippen molar-refractivity contribution in [1.29, 1.82) is 0 Å². The monoisotopic (exact) mass is 923 g/mol. The number of terminal acetylenes is 3. The van der Waals surface area contributed by atoms with Gasteiger partial charge in [0.25, 0.3) is 0 Å². The fraction of sp³-hybridized carbons (Fsp3) is 0.412. The highest BCUT2D eigenvalue weighted by Crippen LogP contribution is 2.42. The van der Waals surface area contributed by atoms with E-state index in [1.807, 2.05) is 38.1 Å². The van der Waals surface area contributed by atoms with Crippen LogP contribution < -0.4 is 15.4 Å². The van der Waals surface area contributed by atoms with E-state index in [-0.39, 0.29) is 38.0 Å². The van der Waals surface area contributed by atoms with Crippen molar-refractivity contribution in [3.8, 4) is 66.7 Å². The van der Waals surface area contributed by atoms with E-state index in [1.54, 1.807) is 30.2 Å². The van der Waals surface area contributed by atoms with Crippen LogP contribution in [0.3, 0.4) is 0 Å². The van der Waals surface area contributed by atoms with Crippen LogP contribution in [-0.2, 0) is 43.5 Å². The third-order valence-corrected chi connectivity index (χ3v) is 8.85. The molecule has 362 valence electrons. The Morgan fingerprint density at radius 3 is 1.73 bits per heavy atom. The van der Waals surface area contributed by atoms with Crippen LogP contribution in [0.15, 0.2) is 48.7 Å². The maximum atomic E-state index is 12.8. The molecule has 0 fully saturated rings. The Morgan fingerprint density at radius 1 is 0.701 bits per heavy atom. The molecule has 16 heteroatoms. The van der Waals surface area contributed by atoms with Crippen molar-refractivity contribution in [1.82, 2.24) is 40.4 Å². The van der Waals surface area contributed by atoms with Crippen LogP contribution in [0.1, 0.15) is 84.4 Å². The molecule has 0 spiro atoms. The molecule has 4 N–H and O–H groups in total. The molecule has 0 aliphatic carbocycles. The van der Waals surface area contributed by atoms with Crippen LogP contribution in [-0.4, -0.2) is 108 Å². The number of hydrogen-bond donors (Lipinski definition) is 4. The summed E-state index contributed by atoms with van der Waals surface area (Å²) in [6.07, 6.45) is 28.4. The van der Waals surface area contributed by atoms with Gasteiger partial charge in [0.1, 0.15) is 37.1 Å². The summed E-state index contributed by atoms with van der Waals surface area (Å²) < 4.78 is 19.7. The molecule has 0 saturated carbocycles. The Bertz CT molecular complexity index is 2310. The Hall–Kier alpha value is -7.48. The molecule has 5 aromatic rings. The minimum Gasteiger partial charge on any atom is -0.488 e. The van der Waals surface area contributed by atoms with E-state index in [1.165, 1.54) is 27.1 Å². The second-order valence-electron chi connectivity index (χ2n) is 14.3. The van der Waals surface area contributed by atoms with Crippen LogP contribution in [0, 0.1) is 38.5 Å². The lowest BCUT2D eigenvalue weighted by atomic mass is 9.92. The molecule has 0 saturated heterocycles. The molecule has 0 atom stereocenters. The largest absolute Gasteiger partial charge is 0.488 e. The van der Waals surface area contributed by atoms with Crippen molar-refractivity contribution < 1.29 is 38.1 Å².